The second kappa shape index (κ2) is 22.5. The van der Waals surface area contributed by atoms with Gasteiger partial charge < -0.3 is 31.0 Å². The fourth-order valence-corrected chi connectivity index (χ4v) is 0.853. The van der Waals surface area contributed by atoms with Crippen molar-refractivity contribution >= 4 is 10.4 Å². The van der Waals surface area contributed by atoms with Crippen LogP contribution in [0.5, 0.6) is 0 Å². The second-order valence-electron chi connectivity index (χ2n) is 3.10. The van der Waals surface area contributed by atoms with Crippen molar-refractivity contribution in [3.63, 3.8) is 0 Å². The number of hydrogen-bond donors (Lipinski definition) is 0. The summed E-state index contributed by atoms with van der Waals surface area (Å²) in [5.74, 6) is 0. The Hall–Kier alpha value is -2.50. The molecule has 0 bridgehead atoms. The molecule has 0 aromatic carbocycles. The molecular weight excluding hydrogens is 419 g/mol. The minimum atomic E-state index is -5.17. The summed E-state index contributed by atoms with van der Waals surface area (Å²) < 4.78 is 34.1. The van der Waals surface area contributed by atoms with Gasteiger partial charge in [0.15, 0.2) is 0 Å². The first-order valence-corrected chi connectivity index (χ1v) is 6.47. The van der Waals surface area contributed by atoms with Gasteiger partial charge in [-0.3, -0.25) is 18.4 Å². The number of rotatable bonds is 0. The molecular formula is C12H19CoN4O8S+3. The number of aromatic nitrogens is 2. The molecule has 147 valence electrons. The molecule has 0 fully saturated rings. The van der Waals surface area contributed by atoms with Gasteiger partial charge in [-0.15, -0.1) is 0 Å². The van der Waals surface area contributed by atoms with Crippen molar-refractivity contribution in [3.05, 3.63) is 60.2 Å². The van der Waals surface area contributed by atoms with E-state index in [0.29, 0.717) is 11.1 Å². The number of nitrogens with zero attached hydrogens (tertiary/aromatic N) is 4. The van der Waals surface area contributed by atoms with Gasteiger partial charge in [-0.2, -0.15) is 10.5 Å². The number of hydrogen-bond acceptors (Lipinski definition) is 8. The van der Waals surface area contributed by atoms with E-state index in [4.69, 9.17) is 28.0 Å². The molecule has 12 nitrogen and oxygen atoms in total. The number of pyridine rings is 2. The maximum atomic E-state index is 8.52. The van der Waals surface area contributed by atoms with E-state index < -0.39 is 10.4 Å². The van der Waals surface area contributed by atoms with E-state index in [1.165, 1.54) is 0 Å². The third-order valence-corrected chi connectivity index (χ3v) is 1.62. The van der Waals surface area contributed by atoms with Crippen molar-refractivity contribution in [1.29, 1.82) is 10.5 Å². The molecule has 11 N–H and O–H groups in total. The fourth-order valence-electron chi connectivity index (χ4n) is 0.853. The molecule has 2 rings (SSSR count). The zero-order chi connectivity index (χ0) is 16.1. The van der Waals surface area contributed by atoms with Crippen molar-refractivity contribution in [1.82, 2.24) is 9.97 Å². The predicted octanol–water partition coefficient (Wildman–Crippen LogP) is -3.02. The molecule has 0 aliphatic rings. The van der Waals surface area contributed by atoms with Gasteiger partial charge in [0.1, 0.15) is 0 Å². The molecule has 0 aliphatic heterocycles. The molecule has 26 heavy (non-hydrogen) atoms. The van der Waals surface area contributed by atoms with Crippen molar-refractivity contribution in [2.75, 3.05) is 0 Å². The first kappa shape index (κ1) is 38.8. The molecule has 2 heterocycles. The van der Waals surface area contributed by atoms with E-state index >= 15 is 0 Å². The molecule has 0 atom stereocenters. The van der Waals surface area contributed by atoms with Crippen LogP contribution in [0.15, 0.2) is 49.1 Å². The van der Waals surface area contributed by atoms with Crippen LogP contribution in [0.2, 0.25) is 0 Å². The largest absolute Gasteiger partial charge is 2.00 e. The Labute approximate surface area is 159 Å². The van der Waals surface area contributed by atoms with Crippen molar-refractivity contribution < 1.29 is 56.2 Å². The summed E-state index contributed by atoms with van der Waals surface area (Å²) in [6.07, 6.45) is 6.38. The molecule has 2 aromatic heterocycles. The van der Waals surface area contributed by atoms with E-state index in [-0.39, 0.29) is 38.7 Å². The van der Waals surface area contributed by atoms with E-state index in [2.05, 4.69) is 9.97 Å². The van der Waals surface area contributed by atoms with Crippen LogP contribution in [0.1, 0.15) is 11.1 Å². The van der Waals surface area contributed by atoms with Crippen LogP contribution < -0.4 is 0 Å². The van der Waals surface area contributed by atoms with E-state index in [1.54, 1.807) is 49.1 Å². The van der Waals surface area contributed by atoms with Gasteiger partial charge >= 0.3 is 16.8 Å². The normalized spacial score (nSPS) is 7.08. The Balaban J connectivity index is -0.0000000540. The Bertz CT molecular complexity index is 663. The van der Waals surface area contributed by atoms with Crippen LogP contribution in [-0.2, 0) is 43.6 Å². The minimum Gasteiger partial charge on any atom is -0.759 e. The smallest absolute Gasteiger partial charge is 0.759 e. The molecule has 0 amide bonds. The predicted molar refractivity (Wildman–Crippen MR) is 86.6 cm³/mol. The summed E-state index contributed by atoms with van der Waals surface area (Å²) in [7, 11) is -5.17. The number of nitriles is 2. The second-order valence-corrected chi connectivity index (χ2v) is 3.92. The topological polar surface area (TPSA) is 284 Å². The van der Waals surface area contributed by atoms with Gasteiger partial charge in [-0.1, -0.05) is 0 Å². The monoisotopic (exact) mass is 438 g/mol. The Morgan fingerprint density at radius 3 is 1.08 bits per heavy atom. The van der Waals surface area contributed by atoms with E-state index in [1.807, 2.05) is 12.1 Å². The molecule has 0 saturated carbocycles. The molecule has 14 heteroatoms. The van der Waals surface area contributed by atoms with Crippen LogP contribution >= 0.6 is 0 Å². The SMILES string of the molecule is N#Cc1ccncc1.N#Cc1ccncc1.O.O=S(=O)([O-])[O-].[Co+2].[OH3+].[OH3+].[OH3+]. The minimum absolute atomic E-state index is 0. The molecule has 0 unspecified atom stereocenters. The Morgan fingerprint density at radius 1 is 0.769 bits per heavy atom. The Morgan fingerprint density at radius 2 is 0.962 bits per heavy atom. The summed E-state index contributed by atoms with van der Waals surface area (Å²) in [5.41, 5.74) is 1.31. The third kappa shape index (κ3) is 29.5. The van der Waals surface area contributed by atoms with Gasteiger partial charge in [-0.05, 0) is 24.3 Å². The quantitative estimate of drug-likeness (QED) is 0.231. The molecule has 2 aromatic rings. The van der Waals surface area contributed by atoms with Gasteiger partial charge in [0.05, 0.1) is 23.3 Å². The maximum absolute atomic E-state index is 8.52. The Kier molecular flexibility index (Phi) is 33.6. The van der Waals surface area contributed by atoms with Crippen LogP contribution in [0.25, 0.3) is 0 Å². The van der Waals surface area contributed by atoms with Gasteiger partial charge in [0.2, 0.25) is 0 Å². The summed E-state index contributed by atoms with van der Waals surface area (Å²) in [5, 5.41) is 16.5. The van der Waals surface area contributed by atoms with Gasteiger partial charge in [0, 0.05) is 35.2 Å². The average Bonchev–Trinajstić information content (AvgIpc) is 2.48. The molecule has 0 aliphatic carbocycles. The molecule has 1 radical (unpaired) electrons. The zero-order valence-corrected chi connectivity index (χ0v) is 14.9. The van der Waals surface area contributed by atoms with Crippen LogP contribution in [-0.4, -0.2) is 33.0 Å². The van der Waals surface area contributed by atoms with E-state index in [9.17, 15) is 0 Å². The van der Waals surface area contributed by atoms with Crippen molar-refractivity contribution in [2.24, 2.45) is 0 Å². The van der Waals surface area contributed by atoms with Crippen LogP contribution in [0.3, 0.4) is 0 Å². The summed E-state index contributed by atoms with van der Waals surface area (Å²) in [4.78, 5) is 7.48. The summed E-state index contributed by atoms with van der Waals surface area (Å²) >= 11 is 0. The summed E-state index contributed by atoms with van der Waals surface area (Å²) in [6.45, 7) is 0. The zero-order valence-electron chi connectivity index (χ0n) is 13.0. The van der Waals surface area contributed by atoms with E-state index in [0.717, 1.165) is 0 Å². The molecule has 0 spiro atoms. The standard InChI is InChI=1S/2C6H4N2.Co.H2O4S.4H2O/c2*7-5-6-1-3-8-4-2-6;;1-5(2,3)4;;;;/h2*1-4H;;(H2,1,2,3,4);4*1H2/q;;+2;;;;;/p+1. The summed E-state index contributed by atoms with van der Waals surface area (Å²) in [6, 6.07) is 10.6. The van der Waals surface area contributed by atoms with Gasteiger partial charge in [-0.25, -0.2) is 0 Å². The first-order valence-electron chi connectivity index (χ1n) is 5.13. The van der Waals surface area contributed by atoms with Crippen LogP contribution in [0.4, 0.5) is 0 Å². The average molecular weight is 438 g/mol. The molecule has 0 saturated heterocycles. The van der Waals surface area contributed by atoms with Crippen LogP contribution in [0, 0.1) is 22.7 Å². The maximum Gasteiger partial charge on any atom is 2.00 e. The van der Waals surface area contributed by atoms with Crippen molar-refractivity contribution in [2.45, 2.75) is 0 Å². The third-order valence-electron chi connectivity index (χ3n) is 1.62. The van der Waals surface area contributed by atoms with Gasteiger partial charge in [0.25, 0.3) is 0 Å². The van der Waals surface area contributed by atoms with Crippen molar-refractivity contribution in [3.8, 4) is 12.1 Å². The first-order chi connectivity index (χ1) is 9.86. The fraction of sp³-hybridized carbons (Fsp3) is 0.